The van der Waals surface area contributed by atoms with E-state index in [2.05, 4.69) is 29.6 Å². The van der Waals surface area contributed by atoms with Crippen LogP contribution in [0.2, 0.25) is 0 Å². The topological polar surface area (TPSA) is 75.6 Å². The molecule has 1 aromatic heterocycles. The minimum absolute atomic E-state index is 0.0247. The third-order valence-corrected chi connectivity index (χ3v) is 6.01. The van der Waals surface area contributed by atoms with Crippen LogP contribution in [0.4, 0.5) is 4.79 Å². The van der Waals surface area contributed by atoms with Crippen LogP contribution >= 0.6 is 11.3 Å². The zero-order valence-electron chi connectivity index (χ0n) is 15.7. The predicted molar refractivity (Wildman–Crippen MR) is 112 cm³/mol. The van der Waals surface area contributed by atoms with Gasteiger partial charge in [0.05, 0.1) is 6.42 Å². The quantitative estimate of drug-likeness (QED) is 0.597. The average molecular weight is 407 g/mol. The summed E-state index contributed by atoms with van der Waals surface area (Å²) in [7, 11) is 0. The first-order chi connectivity index (χ1) is 14.1. The van der Waals surface area contributed by atoms with Crippen LogP contribution in [0.15, 0.2) is 66.0 Å². The summed E-state index contributed by atoms with van der Waals surface area (Å²) in [5, 5.41) is 13.8. The molecule has 0 saturated carbocycles. The first kappa shape index (κ1) is 19.2. The van der Waals surface area contributed by atoms with Crippen molar-refractivity contribution in [1.82, 2.24) is 5.32 Å². The van der Waals surface area contributed by atoms with Gasteiger partial charge in [0, 0.05) is 23.3 Å². The molecule has 5 nitrogen and oxygen atoms in total. The van der Waals surface area contributed by atoms with Crippen LogP contribution < -0.4 is 5.32 Å². The second kappa shape index (κ2) is 8.49. The van der Waals surface area contributed by atoms with E-state index in [0.29, 0.717) is 6.42 Å². The number of hydrogen-bond acceptors (Lipinski definition) is 4. The van der Waals surface area contributed by atoms with Crippen LogP contribution in [0.5, 0.6) is 0 Å². The lowest BCUT2D eigenvalue weighted by Gasteiger charge is -2.18. The largest absolute Gasteiger partial charge is 0.481 e. The first-order valence-electron chi connectivity index (χ1n) is 9.47. The van der Waals surface area contributed by atoms with Gasteiger partial charge < -0.3 is 15.2 Å². The lowest BCUT2D eigenvalue weighted by Crippen LogP contribution is -2.38. The van der Waals surface area contributed by atoms with Crippen molar-refractivity contribution in [3.8, 4) is 11.1 Å². The molecule has 1 atom stereocenters. The van der Waals surface area contributed by atoms with Gasteiger partial charge in [0.2, 0.25) is 0 Å². The Morgan fingerprint density at radius 2 is 1.66 bits per heavy atom. The van der Waals surface area contributed by atoms with E-state index in [1.54, 1.807) is 0 Å². The summed E-state index contributed by atoms with van der Waals surface area (Å²) in [6, 6.07) is 19.6. The van der Waals surface area contributed by atoms with Crippen molar-refractivity contribution in [2.75, 3.05) is 6.61 Å². The van der Waals surface area contributed by atoms with Gasteiger partial charge in [-0.2, -0.15) is 0 Å². The lowest BCUT2D eigenvalue weighted by atomic mass is 9.98. The Hall–Kier alpha value is -3.12. The fourth-order valence-electron chi connectivity index (χ4n) is 3.86. The Labute approximate surface area is 173 Å². The highest BCUT2D eigenvalue weighted by molar-refractivity contribution is 7.09. The SMILES string of the molecule is O=C(O)C[C@H](Cc1cccs1)NC(=O)OCC1c2ccccc2-c2ccccc21. The third-order valence-electron chi connectivity index (χ3n) is 5.11. The van der Waals surface area contributed by atoms with Gasteiger partial charge in [-0.1, -0.05) is 54.6 Å². The maximum atomic E-state index is 12.4. The van der Waals surface area contributed by atoms with Gasteiger partial charge >= 0.3 is 12.1 Å². The number of hydrogen-bond donors (Lipinski definition) is 2. The third kappa shape index (κ3) is 4.32. The van der Waals surface area contributed by atoms with Crippen molar-refractivity contribution >= 4 is 23.4 Å². The summed E-state index contributed by atoms with van der Waals surface area (Å²) in [6.45, 7) is 0.207. The number of nitrogens with one attached hydrogen (secondary N) is 1. The Balaban J connectivity index is 1.43. The van der Waals surface area contributed by atoms with Crippen LogP contribution in [-0.4, -0.2) is 29.8 Å². The number of benzene rings is 2. The zero-order chi connectivity index (χ0) is 20.2. The number of alkyl carbamates (subject to hydrolysis) is 1. The summed E-state index contributed by atoms with van der Waals surface area (Å²) in [5.41, 5.74) is 4.61. The molecule has 1 aliphatic carbocycles. The number of rotatable bonds is 7. The number of carbonyl (C=O) groups is 2. The Kier molecular flexibility index (Phi) is 5.62. The molecule has 2 N–H and O–H groups in total. The van der Waals surface area contributed by atoms with Gasteiger partial charge in [-0.25, -0.2) is 4.79 Å². The fraction of sp³-hybridized carbons (Fsp3) is 0.217. The maximum absolute atomic E-state index is 12.4. The number of thiophene rings is 1. The van der Waals surface area contributed by atoms with E-state index in [9.17, 15) is 9.59 Å². The highest BCUT2D eigenvalue weighted by Crippen LogP contribution is 2.44. The molecule has 6 heteroatoms. The van der Waals surface area contributed by atoms with Crippen molar-refractivity contribution in [3.05, 3.63) is 82.0 Å². The molecule has 0 spiro atoms. The van der Waals surface area contributed by atoms with Crippen LogP contribution in [0.3, 0.4) is 0 Å². The van der Waals surface area contributed by atoms with E-state index in [0.717, 1.165) is 16.0 Å². The van der Waals surface area contributed by atoms with Crippen molar-refractivity contribution in [2.24, 2.45) is 0 Å². The molecular formula is C23H21NO4S. The molecule has 4 rings (SSSR count). The van der Waals surface area contributed by atoms with Gasteiger partial charge in [-0.05, 0) is 33.7 Å². The molecular weight excluding hydrogens is 386 g/mol. The molecule has 0 radical (unpaired) electrons. The second-order valence-electron chi connectivity index (χ2n) is 7.05. The number of aliphatic carboxylic acids is 1. The van der Waals surface area contributed by atoms with E-state index in [4.69, 9.17) is 9.84 Å². The molecule has 148 valence electrons. The molecule has 0 bridgehead atoms. The van der Waals surface area contributed by atoms with E-state index >= 15 is 0 Å². The Bertz CT molecular complexity index is 970. The molecule has 0 saturated heterocycles. The van der Waals surface area contributed by atoms with E-state index < -0.39 is 18.1 Å². The number of carboxylic acids is 1. The molecule has 3 aromatic rings. The smallest absolute Gasteiger partial charge is 0.407 e. The van der Waals surface area contributed by atoms with Gasteiger partial charge in [0.25, 0.3) is 0 Å². The second-order valence-corrected chi connectivity index (χ2v) is 8.08. The Morgan fingerprint density at radius 1 is 1.00 bits per heavy atom. The molecule has 0 unspecified atom stereocenters. The molecule has 2 aromatic carbocycles. The van der Waals surface area contributed by atoms with Crippen LogP contribution in [0.1, 0.15) is 28.3 Å². The number of carboxylic acid groups (broad SMARTS) is 1. The maximum Gasteiger partial charge on any atom is 0.407 e. The fourth-order valence-corrected chi connectivity index (χ4v) is 4.65. The van der Waals surface area contributed by atoms with Crippen molar-refractivity contribution < 1.29 is 19.4 Å². The molecule has 1 amide bonds. The van der Waals surface area contributed by atoms with Gasteiger partial charge in [0.1, 0.15) is 6.61 Å². The lowest BCUT2D eigenvalue weighted by molar-refractivity contribution is -0.137. The summed E-state index contributed by atoms with van der Waals surface area (Å²) in [5.74, 6) is -0.978. The summed E-state index contributed by atoms with van der Waals surface area (Å²) >= 11 is 1.54. The summed E-state index contributed by atoms with van der Waals surface area (Å²) in [4.78, 5) is 24.6. The number of fused-ring (bicyclic) bond motifs is 3. The number of carbonyl (C=O) groups excluding carboxylic acids is 1. The van der Waals surface area contributed by atoms with Crippen molar-refractivity contribution in [1.29, 1.82) is 0 Å². The molecule has 1 heterocycles. The summed E-state index contributed by atoms with van der Waals surface area (Å²) in [6.07, 6.45) is -0.273. The van der Waals surface area contributed by atoms with Crippen molar-refractivity contribution in [2.45, 2.75) is 24.8 Å². The minimum atomic E-state index is -0.953. The number of ether oxygens (including phenoxy) is 1. The normalized spacial score (nSPS) is 13.4. The zero-order valence-corrected chi connectivity index (χ0v) is 16.5. The monoisotopic (exact) mass is 407 g/mol. The van der Waals surface area contributed by atoms with E-state index in [1.807, 2.05) is 41.8 Å². The number of amides is 1. The highest BCUT2D eigenvalue weighted by Gasteiger charge is 2.29. The standard InChI is InChI=1S/C23H21NO4S/c25-22(26)13-15(12-16-6-5-11-29-16)24-23(27)28-14-21-19-9-3-1-7-17(19)18-8-2-4-10-20(18)21/h1-11,15,21H,12-14H2,(H,24,27)(H,25,26)/t15-/m0/s1. The van der Waals surface area contributed by atoms with E-state index in [-0.39, 0.29) is 18.9 Å². The van der Waals surface area contributed by atoms with Gasteiger partial charge in [-0.3, -0.25) is 4.79 Å². The molecule has 29 heavy (non-hydrogen) atoms. The molecule has 1 aliphatic rings. The van der Waals surface area contributed by atoms with Crippen molar-refractivity contribution in [3.63, 3.8) is 0 Å². The molecule has 0 fully saturated rings. The predicted octanol–water partition coefficient (Wildman–Crippen LogP) is 4.67. The van der Waals surface area contributed by atoms with E-state index in [1.165, 1.54) is 22.5 Å². The Morgan fingerprint density at radius 3 is 2.24 bits per heavy atom. The van der Waals surface area contributed by atoms with Crippen LogP contribution in [0.25, 0.3) is 11.1 Å². The van der Waals surface area contributed by atoms with Crippen LogP contribution in [-0.2, 0) is 16.0 Å². The molecule has 0 aliphatic heterocycles. The van der Waals surface area contributed by atoms with Gasteiger partial charge in [-0.15, -0.1) is 11.3 Å². The van der Waals surface area contributed by atoms with Gasteiger partial charge in [0.15, 0.2) is 0 Å². The average Bonchev–Trinajstić information content (AvgIpc) is 3.32. The highest BCUT2D eigenvalue weighted by atomic mass is 32.1. The summed E-state index contributed by atoms with van der Waals surface area (Å²) < 4.78 is 5.53. The first-order valence-corrected chi connectivity index (χ1v) is 10.4. The minimum Gasteiger partial charge on any atom is -0.481 e. The van der Waals surface area contributed by atoms with Crippen LogP contribution in [0, 0.1) is 0 Å².